The van der Waals surface area contributed by atoms with Gasteiger partial charge in [-0.05, 0) is 18.6 Å². The summed E-state index contributed by atoms with van der Waals surface area (Å²) in [7, 11) is 0. The number of ketones is 1. The van der Waals surface area contributed by atoms with E-state index in [1.54, 1.807) is 6.92 Å². The molecule has 0 bridgehead atoms. The number of halogens is 1. The Morgan fingerprint density at radius 2 is 2.00 bits per heavy atom. The number of carbonyl (C=O) groups excluding carboxylic acids is 2. The summed E-state index contributed by atoms with van der Waals surface area (Å²) in [5.74, 6) is -1.77. The average molecular weight is 315 g/mol. The van der Waals surface area contributed by atoms with Crippen molar-refractivity contribution < 1.29 is 24.6 Å². The summed E-state index contributed by atoms with van der Waals surface area (Å²) in [5.41, 5.74) is 0.310. The highest BCUT2D eigenvalue weighted by atomic mass is 79.9. The minimum absolute atomic E-state index is 0.0598. The molecule has 0 aromatic heterocycles. The van der Waals surface area contributed by atoms with Crippen LogP contribution in [0.5, 0.6) is 0 Å². The van der Waals surface area contributed by atoms with Crippen molar-refractivity contribution in [3.05, 3.63) is 34.9 Å². The summed E-state index contributed by atoms with van der Waals surface area (Å²) in [6.45, 7) is 1.59. The number of carbonyl (C=O) groups is 3. The highest BCUT2D eigenvalue weighted by molar-refractivity contribution is 9.10. The summed E-state index contributed by atoms with van der Waals surface area (Å²) >= 11 is 3.09. The highest BCUT2D eigenvalue weighted by Gasteiger charge is 2.21. The number of alkyl halides is 1. The number of Topliss-reactive ketones (excluding diaryl/α,β-unsaturated/α-hetero) is 1. The van der Waals surface area contributed by atoms with Crippen LogP contribution in [0.2, 0.25) is 0 Å². The van der Waals surface area contributed by atoms with E-state index in [0.717, 1.165) is 0 Å². The molecule has 0 aliphatic rings. The van der Waals surface area contributed by atoms with Gasteiger partial charge in [-0.15, -0.1) is 0 Å². The van der Waals surface area contributed by atoms with E-state index in [2.05, 4.69) is 15.9 Å². The lowest BCUT2D eigenvalue weighted by molar-refractivity contribution is -0.146. The van der Waals surface area contributed by atoms with E-state index in [1.165, 1.54) is 18.2 Å². The van der Waals surface area contributed by atoms with Gasteiger partial charge in [0.25, 0.3) is 0 Å². The molecule has 1 rings (SSSR count). The Morgan fingerprint density at radius 3 is 2.44 bits per heavy atom. The Bertz CT molecular complexity index is 495. The number of aliphatic hydroxyl groups is 1. The third-order valence-electron chi connectivity index (χ3n) is 2.38. The Balaban J connectivity index is 3.30. The standard InChI is InChI=1S/C12H11BrO5/c1-6(13)10(15)9-4-7(11(16)12(17)18)2-3-8(9)5-14/h2-6,11,16H,1H3,(H,17,18). The summed E-state index contributed by atoms with van der Waals surface area (Å²) < 4.78 is 0. The fourth-order valence-electron chi connectivity index (χ4n) is 1.42. The first kappa shape index (κ1) is 14.5. The second-order valence-corrected chi connectivity index (χ2v) is 5.06. The third-order valence-corrected chi connectivity index (χ3v) is 2.80. The molecule has 1 aromatic carbocycles. The lowest BCUT2D eigenvalue weighted by Gasteiger charge is -2.10. The van der Waals surface area contributed by atoms with E-state index in [4.69, 9.17) is 5.11 Å². The van der Waals surface area contributed by atoms with E-state index in [1.807, 2.05) is 0 Å². The largest absolute Gasteiger partial charge is 0.479 e. The SMILES string of the molecule is CC(Br)C(=O)c1cc(C(O)C(=O)O)ccc1C=O. The molecule has 0 saturated carbocycles. The smallest absolute Gasteiger partial charge is 0.337 e. The number of aldehydes is 1. The van der Waals surface area contributed by atoms with Crippen LogP contribution in [0.15, 0.2) is 18.2 Å². The Hall–Kier alpha value is -1.53. The van der Waals surface area contributed by atoms with Crippen molar-refractivity contribution in [1.82, 2.24) is 0 Å². The highest BCUT2D eigenvalue weighted by Crippen LogP contribution is 2.20. The molecular weight excluding hydrogens is 304 g/mol. The number of hydrogen-bond acceptors (Lipinski definition) is 4. The van der Waals surface area contributed by atoms with E-state index in [-0.39, 0.29) is 22.5 Å². The Labute approximate surface area is 112 Å². The van der Waals surface area contributed by atoms with E-state index in [0.29, 0.717) is 6.29 Å². The fourth-order valence-corrected chi connectivity index (χ4v) is 1.66. The lowest BCUT2D eigenvalue weighted by atomic mass is 9.97. The van der Waals surface area contributed by atoms with Crippen LogP contribution in [0, 0.1) is 0 Å². The summed E-state index contributed by atoms with van der Waals surface area (Å²) in [6.07, 6.45) is -1.21. The number of rotatable bonds is 5. The Morgan fingerprint density at radius 1 is 1.39 bits per heavy atom. The molecular formula is C12H11BrO5. The molecule has 0 heterocycles. The van der Waals surface area contributed by atoms with Crippen LogP contribution < -0.4 is 0 Å². The van der Waals surface area contributed by atoms with Gasteiger partial charge in [0, 0.05) is 11.1 Å². The van der Waals surface area contributed by atoms with Crippen LogP contribution in [0.1, 0.15) is 39.3 Å². The van der Waals surface area contributed by atoms with Gasteiger partial charge in [0.2, 0.25) is 0 Å². The van der Waals surface area contributed by atoms with Gasteiger partial charge < -0.3 is 10.2 Å². The molecule has 6 heteroatoms. The number of aliphatic hydroxyl groups excluding tert-OH is 1. The molecule has 18 heavy (non-hydrogen) atoms. The molecule has 5 nitrogen and oxygen atoms in total. The first-order valence-electron chi connectivity index (χ1n) is 5.06. The molecule has 2 atom stereocenters. The molecule has 0 saturated heterocycles. The topological polar surface area (TPSA) is 91.7 Å². The minimum atomic E-state index is -1.72. The van der Waals surface area contributed by atoms with Crippen molar-refractivity contribution in [2.75, 3.05) is 0 Å². The monoisotopic (exact) mass is 314 g/mol. The molecule has 96 valence electrons. The maximum atomic E-state index is 11.8. The van der Waals surface area contributed by atoms with Crippen LogP contribution in [0.3, 0.4) is 0 Å². The molecule has 0 aliphatic heterocycles. The zero-order valence-corrected chi connectivity index (χ0v) is 11.0. The normalized spacial score (nSPS) is 13.7. The number of carboxylic acids is 1. The maximum absolute atomic E-state index is 11.8. The fraction of sp³-hybridized carbons (Fsp3) is 0.250. The van der Waals surface area contributed by atoms with Gasteiger partial charge >= 0.3 is 5.97 Å². The molecule has 0 radical (unpaired) electrons. The molecule has 0 fully saturated rings. The van der Waals surface area contributed by atoms with E-state index < -0.39 is 16.9 Å². The molecule has 0 spiro atoms. The number of benzene rings is 1. The third kappa shape index (κ3) is 3.02. The van der Waals surface area contributed by atoms with Crippen molar-refractivity contribution in [3.8, 4) is 0 Å². The van der Waals surface area contributed by atoms with Crippen molar-refractivity contribution in [1.29, 1.82) is 0 Å². The predicted octanol–water partition coefficient (Wildman–Crippen LogP) is 1.58. The van der Waals surface area contributed by atoms with E-state index >= 15 is 0 Å². The van der Waals surface area contributed by atoms with Crippen molar-refractivity contribution in [2.24, 2.45) is 0 Å². The van der Waals surface area contributed by atoms with Crippen LogP contribution in [-0.4, -0.2) is 33.1 Å². The van der Waals surface area contributed by atoms with Gasteiger partial charge in [-0.25, -0.2) is 4.79 Å². The number of hydrogen-bond donors (Lipinski definition) is 2. The second-order valence-electron chi connectivity index (χ2n) is 3.69. The first-order chi connectivity index (χ1) is 8.38. The number of aliphatic carboxylic acids is 1. The summed E-state index contributed by atoms with van der Waals surface area (Å²) in [5, 5.41) is 18.1. The van der Waals surface area contributed by atoms with Crippen molar-refractivity contribution in [2.45, 2.75) is 17.9 Å². The van der Waals surface area contributed by atoms with Crippen LogP contribution >= 0.6 is 15.9 Å². The molecule has 1 aromatic rings. The summed E-state index contributed by atoms with van der Waals surface area (Å²) in [6, 6.07) is 3.85. The average Bonchev–Trinajstić information content (AvgIpc) is 2.35. The van der Waals surface area contributed by atoms with E-state index in [9.17, 15) is 19.5 Å². The Kier molecular flexibility index (Phi) is 4.75. The first-order valence-corrected chi connectivity index (χ1v) is 5.98. The van der Waals surface area contributed by atoms with Gasteiger partial charge in [0.1, 0.15) is 0 Å². The second kappa shape index (κ2) is 5.88. The zero-order chi connectivity index (χ0) is 13.9. The molecule has 2 N–H and O–H groups in total. The van der Waals surface area contributed by atoms with Gasteiger partial charge in [-0.2, -0.15) is 0 Å². The van der Waals surface area contributed by atoms with Crippen LogP contribution in [0.4, 0.5) is 0 Å². The van der Waals surface area contributed by atoms with Crippen molar-refractivity contribution >= 4 is 34.0 Å². The minimum Gasteiger partial charge on any atom is -0.479 e. The summed E-state index contributed by atoms with van der Waals surface area (Å²) in [4.78, 5) is 32.8. The predicted molar refractivity (Wildman–Crippen MR) is 67.1 cm³/mol. The van der Waals surface area contributed by atoms with Crippen LogP contribution in [-0.2, 0) is 4.79 Å². The van der Waals surface area contributed by atoms with Gasteiger partial charge in [-0.1, -0.05) is 28.1 Å². The molecule has 0 aliphatic carbocycles. The molecule has 2 unspecified atom stereocenters. The molecule has 0 amide bonds. The zero-order valence-electron chi connectivity index (χ0n) is 9.46. The maximum Gasteiger partial charge on any atom is 0.337 e. The van der Waals surface area contributed by atoms with Crippen LogP contribution in [0.25, 0.3) is 0 Å². The van der Waals surface area contributed by atoms with Gasteiger partial charge in [0.15, 0.2) is 18.2 Å². The van der Waals surface area contributed by atoms with Gasteiger partial charge in [-0.3, -0.25) is 9.59 Å². The van der Waals surface area contributed by atoms with Crippen molar-refractivity contribution in [3.63, 3.8) is 0 Å². The quantitative estimate of drug-likeness (QED) is 0.489. The lowest BCUT2D eigenvalue weighted by Crippen LogP contribution is -2.15. The number of carboxylic acid groups (broad SMARTS) is 1. The van der Waals surface area contributed by atoms with Gasteiger partial charge in [0.05, 0.1) is 4.83 Å².